The highest BCUT2D eigenvalue weighted by Gasteiger charge is 2.23. The van der Waals surface area contributed by atoms with Crippen molar-refractivity contribution in [2.75, 3.05) is 12.1 Å². The van der Waals surface area contributed by atoms with Crippen molar-refractivity contribution in [3.63, 3.8) is 0 Å². The van der Waals surface area contributed by atoms with E-state index in [4.69, 9.17) is 21.1 Å². The summed E-state index contributed by atoms with van der Waals surface area (Å²) in [6.07, 6.45) is 0. The Morgan fingerprint density at radius 3 is 2.62 bits per heavy atom. The zero-order valence-electron chi connectivity index (χ0n) is 16.0. The Morgan fingerprint density at radius 2 is 1.83 bits per heavy atom. The lowest BCUT2D eigenvalue weighted by Crippen LogP contribution is -2.36. The smallest absolute Gasteiger partial charge is 0.322 e. The molecular weight excluding hydrogens is 388 g/mol. The maximum Gasteiger partial charge on any atom is 0.322 e. The molecule has 1 N–H and O–H groups in total. The van der Waals surface area contributed by atoms with Crippen LogP contribution in [0.3, 0.4) is 0 Å². The monoisotopic (exact) mass is 408 g/mol. The second-order valence-electron chi connectivity index (χ2n) is 6.84. The van der Waals surface area contributed by atoms with Gasteiger partial charge in [-0.3, -0.25) is 0 Å². The first-order valence-electron chi connectivity index (χ1n) is 9.37. The normalized spacial score (nSPS) is 13.0. The van der Waals surface area contributed by atoms with Gasteiger partial charge in [-0.2, -0.15) is 0 Å². The van der Waals surface area contributed by atoms with E-state index >= 15 is 0 Å². The third kappa shape index (κ3) is 4.46. The molecule has 1 unspecified atom stereocenters. The Morgan fingerprint density at radius 1 is 1.03 bits per heavy atom. The lowest BCUT2D eigenvalue weighted by Gasteiger charge is -2.30. The van der Waals surface area contributed by atoms with Crippen LogP contribution in [-0.4, -0.2) is 17.7 Å². The molecule has 0 spiro atoms. The number of carbonyl (C=O) groups excluding carboxylic acids is 1. The van der Waals surface area contributed by atoms with Crippen molar-refractivity contribution in [3.05, 3.63) is 88.9 Å². The van der Waals surface area contributed by atoms with Crippen LogP contribution in [0, 0.1) is 0 Å². The maximum atomic E-state index is 13.2. The van der Waals surface area contributed by atoms with Crippen molar-refractivity contribution in [1.29, 1.82) is 0 Å². The number of amides is 2. The number of nitrogens with one attached hydrogen (secondary N) is 1. The Hall–Kier alpha value is -3.18. The highest BCUT2D eigenvalue weighted by molar-refractivity contribution is 6.30. The fourth-order valence-electron chi connectivity index (χ4n) is 3.29. The molecule has 148 valence electrons. The Kier molecular flexibility index (Phi) is 5.58. The molecule has 0 saturated carbocycles. The number of halogens is 1. The van der Waals surface area contributed by atoms with Crippen molar-refractivity contribution >= 4 is 23.3 Å². The molecule has 0 bridgehead atoms. The fraction of sp³-hybridized carbons (Fsp3) is 0.174. The van der Waals surface area contributed by atoms with E-state index in [0.29, 0.717) is 23.0 Å². The highest BCUT2D eigenvalue weighted by atomic mass is 35.5. The molecule has 1 aliphatic rings. The van der Waals surface area contributed by atoms with Crippen molar-refractivity contribution < 1.29 is 14.3 Å². The Balaban J connectivity index is 1.60. The maximum absolute atomic E-state index is 13.2. The van der Waals surface area contributed by atoms with Gasteiger partial charge in [0.1, 0.15) is 0 Å². The number of benzene rings is 3. The summed E-state index contributed by atoms with van der Waals surface area (Å²) in [6, 6.07) is 22.5. The van der Waals surface area contributed by atoms with E-state index in [0.717, 1.165) is 16.9 Å². The second kappa shape index (κ2) is 8.45. The molecule has 1 atom stereocenters. The number of ether oxygens (including phenoxy) is 2. The van der Waals surface area contributed by atoms with Gasteiger partial charge in [-0.1, -0.05) is 54.1 Å². The lowest BCUT2D eigenvalue weighted by atomic mass is 10.1. The van der Waals surface area contributed by atoms with Crippen molar-refractivity contribution in [3.8, 4) is 11.5 Å². The molecule has 2 amide bonds. The molecule has 5 nitrogen and oxygen atoms in total. The zero-order chi connectivity index (χ0) is 20.2. The molecule has 0 radical (unpaired) electrons. The average molecular weight is 409 g/mol. The molecule has 29 heavy (non-hydrogen) atoms. The molecular formula is C23H21ClN2O3. The van der Waals surface area contributed by atoms with Gasteiger partial charge in [0, 0.05) is 17.3 Å². The predicted molar refractivity (Wildman–Crippen MR) is 113 cm³/mol. The molecule has 6 heteroatoms. The molecule has 1 aliphatic heterocycles. The van der Waals surface area contributed by atoms with Gasteiger partial charge in [0.05, 0.1) is 6.04 Å². The van der Waals surface area contributed by atoms with Gasteiger partial charge in [-0.05, 0) is 48.4 Å². The summed E-state index contributed by atoms with van der Waals surface area (Å²) in [5.41, 5.74) is 2.66. The van der Waals surface area contributed by atoms with Gasteiger partial charge in [-0.15, -0.1) is 0 Å². The van der Waals surface area contributed by atoms with E-state index in [1.165, 1.54) is 0 Å². The van der Waals surface area contributed by atoms with Gasteiger partial charge in [0.2, 0.25) is 6.79 Å². The molecule has 0 aliphatic carbocycles. The SMILES string of the molecule is CC(c1ccccc1)N(Cc1ccc2c(c1)OCO2)C(=O)Nc1cccc(Cl)c1. The molecule has 0 fully saturated rings. The van der Waals surface area contributed by atoms with Crippen LogP contribution in [-0.2, 0) is 6.54 Å². The van der Waals surface area contributed by atoms with Crippen molar-refractivity contribution in [2.45, 2.75) is 19.5 Å². The van der Waals surface area contributed by atoms with E-state index in [1.807, 2.05) is 61.5 Å². The third-order valence-corrected chi connectivity index (χ3v) is 5.11. The fourth-order valence-corrected chi connectivity index (χ4v) is 3.48. The van der Waals surface area contributed by atoms with Gasteiger partial charge in [-0.25, -0.2) is 4.79 Å². The topological polar surface area (TPSA) is 50.8 Å². The summed E-state index contributed by atoms with van der Waals surface area (Å²) in [6.45, 7) is 2.65. The van der Waals surface area contributed by atoms with E-state index in [2.05, 4.69) is 5.32 Å². The molecule has 0 saturated heterocycles. The van der Waals surface area contributed by atoms with E-state index in [9.17, 15) is 4.79 Å². The van der Waals surface area contributed by atoms with Crippen molar-refractivity contribution in [2.24, 2.45) is 0 Å². The quantitative estimate of drug-likeness (QED) is 0.574. The van der Waals surface area contributed by atoms with Crippen LogP contribution >= 0.6 is 11.6 Å². The minimum absolute atomic E-state index is 0.138. The largest absolute Gasteiger partial charge is 0.454 e. The summed E-state index contributed by atoms with van der Waals surface area (Å²) in [7, 11) is 0. The number of hydrogen-bond donors (Lipinski definition) is 1. The van der Waals surface area contributed by atoms with E-state index < -0.39 is 0 Å². The molecule has 3 aromatic carbocycles. The van der Waals surface area contributed by atoms with Crippen LogP contribution in [0.5, 0.6) is 11.5 Å². The number of carbonyl (C=O) groups is 1. The summed E-state index contributed by atoms with van der Waals surface area (Å²) >= 11 is 6.06. The number of urea groups is 1. The molecule has 4 rings (SSSR count). The van der Waals surface area contributed by atoms with Gasteiger partial charge < -0.3 is 19.7 Å². The van der Waals surface area contributed by atoms with Gasteiger partial charge >= 0.3 is 6.03 Å². The number of rotatable bonds is 5. The number of hydrogen-bond acceptors (Lipinski definition) is 3. The molecule has 1 heterocycles. The Labute approximate surface area is 174 Å². The van der Waals surface area contributed by atoms with Crippen LogP contribution in [0.1, 0.15) is 24.1 Å². The second-order valence-corrected chi connectivity index (χ2v) is 7.28. The number of fused-ring (bicyclic) bond motifs is 1. The van der Waals surface area contributed by atoms with Crippen molar-refractivity contribution in [1.82, 2.24) is 4.90 Å². The van der Waals surface area contributed by atoms with Gasteiger partial charge in [0.25, 0.3) is 0 Å². The van der Waals surface area contributed by atoms with Crippen LogP contribution in [0.25, 0.3) is 0 Å². The Bertz CT molecular complexity index is 1010. The van der Waals surface area contributed by atoms with Crippen LogP contribution in [0.2, 0.25) is 5.02 Å². The first-order valence-corrected chi connectivity index (χ1v) is 9.74. The summed E-state index contributed by atoms with van der Waals surface area (Å²) in [4.78, 5) is 15.0. The number of nitrogens with zero attached hydrogens (tertiary/aromatic N) is 1. The predicted octanol–water partition coefficient (Wildman–Crippen LogP) is 5.86. The standard InChI is InChI=1S/C23H21ClN2O3/c1-16(18-6-3-2-4-7-18)26(23(27)25-20-9-5-8-19(24)13-20)14-17-10-11-21-22(12-17)29-15-28-21/h2-13,16H,14-15H2,1H3,(H,25,27). The van der Waals surface area contributed by atoms with Crippen LogP contribution in [0.15, 0.2) is 72.8 Å². The molecule has 0 aromatic heterocycles. The van der Waals surface area contributed by atoms with E-state index in [1.54, 1.807) is 23.1 Å². The van der Waals surface area contributed by atoms with Crippen LogP contribution in [0.4, 0.5) is 10.5 Å². The van der Waals surface area contributed by atoms with Crippen LogP contribution < -0.4 is 14.8 Å². The third-order valence-electron chi connectivity index (χ3n) is 4.88. The first kappa shape index (κ1) is 19.2. The summed E-state index contributed by atoms with van der Waals surface area (Å²) in [5, 5.41) is 3.52. The number of anilines is 1. The minimum atomic E-state index is -0.207. The zero-order valence-corrected chi connectivity index (χ0v) is 16.7. The summed E-state index contributed by atoms with van der Waals surface area (Å²) in [5.74, 6) is 1.42. The average Bonchev–Trinajstić information content (AvgIpc) is 3.20. The highest BCUT2D eigenvalue weighted by Crippen LogP contribution is 2.34. The first-order chi connectivity index (χ1) is 14.1. The van der Waals surface area contributed by atoms with Gasteiger partial charge in [0.15, 0.2) is 11.5 Å². The minimum Gasteiger partial charge on any atom is -0.454 e. The molecule has 3 aromatic rings. The summed E-state index contributed by atoms with van der Waals surface area (Å²) < 4.78 is 10.9. The lowest BCUT2D eigenvalue weighted by molar-refractivity contribution is 0.173. The van der Waals surface area contributed by atoms with E-state index in [-0.39, 0.29) is 18.9 Å².